The van der Waals surface area contributed by atoms with Crippen molar-refractivity contribution in [3.05, 3.63) is 48.8 Å². The average Bonchev–Trinajstić information content (AvgIpc) is 2.87. The fraction of sp³-hybridized carbons (Fsp3) is 0.250. The molecule has 3 aromatic rings. The molecule has 3 aromatic heterocycles. The van der Waals surface area contributed by atoms with Crippen LogP contribution in [0.15, 0.2) is 48.8 Å². The molecule has 3 heterocycles. The smallest absolute Gasteiger partial charge is 0.140 e. The molecule has 0 spiro atoms. The summed E-state index contributed by atoms with van der Waals surface area (Å²) < 4.78 is 2.07. The molecule has 5 heteroatoms. The molecule has 108 valence electrons. The summed E-state index contributed by atoms with van der Waals surface area (Å²) in [6, 6.07) is 11.9. The zero-order valence-corrected chi connectivity index (χ0v) is 12.3. The zero-order valence-electron chi connectivity index (χ0n) is 12.3. The minimum Gasteiger partial charge on any atom is -0.368 e. The molecule has 0 saturated heterocycles. The van der Waals surface area contributed by atoms with Gasteiger partial charge in [-0.3, -0.25) is 9.38 Å². The quantitative estimate of drug-likeness (QED) is 0.780. The van der Waals surface area contributed by atoms with E-state index in [0.717, 1.165) is 35.9 Å². The van der Waals surface area contributed by atoms with Crippen molar-refractivity contribution in [1.29, 1.82) is 0 Å². The van der Waals surface area contributed by atoms with Gasteiger partial charge < -0.3 is 10.2 Å². The van der Waals surface area contributed by atoms with Gasteiger partial charge >= 0.3 is 0 Å². The number of hydrogen-bond donors (Lipinski definition) is 1. The lowest BCUT2D eigenvalue weighted by atomic mass is 10.2. The number of fused-ring (bicyclic) bond motifs is 1. The van der Waals surface area contributed by atoms with Gasteiger partial charge in [0.15, 0.2) is 0 Å². The maximum Gasteiger partial charge on any atom is 0.140 e. The van der Waals surface area contributed by atoms with Gasteiger partial charge in [-0.1, -0.05) is 12.1 Å². The summed E-state index contributed by atoms with van der Waals surface area (Å²) in [4.78, 5) is 11.3. The van der Waals surface area contributed by atoms with Crippen molar-refractivity contribution >= 4 is 11.5 Å². The highest BCUT2D eigenvalue weighted by Gasteiger charge is 2.14. The molecule has 0 bridgehead atoms. The summed E-state index contributed by atoms with van der Waals surface area (Å²) in [6.45, 7) is 1.82. The van der Waals surface area contributed by atoms with E-state index in [2.05, 4.69) is 33.7 Å². The van der Waals surface area contributed by atoms with Crippen LogP contribution in [0, 0.1) is 0 Å². The number of hydrogen-bond acceptors (Lipinski definition) is 4. The number of likely N-dealkylation sites (N-methyl/N-ethyl adjacent to an activating group) is 1. The molecule has 3 rings (SSSR count). The van der Waals surface area contributed by atoms with Crippen LogP contribution in [-0.2, 0) is 0 Å². The predicted molar refractivity (Wildman–Crippen MR) is 85.5 cm³/mol. The van der Waals surface area contributed by atoms with Gasteiger partial charge in [0.1, 0.15) is 17.2 Å². The van der Waals surface area contributed by atoms with Crippen LogP contribution in [0.25, 0.3) is 17.0 Å². The SMILES string of the molecule is CN(C)CCNc1c(-c2ccccn2)nc2ccccn12. The Morgan fingerprint density at radius 1 is 1.14 bits per heavy atom. The Morgan fingerprint density at radius 3 is 2.76 bits per heavy atom. The molecule has 0 atom stereocenters. The summed E-state index contributed by atoms with van der Waals surface area (Å²) >= 11 is 0. The van der Waals surface area contributed by atoms with E-state index in [-0.39, 0.29) is 0 Å². The van der Waals surface area contributed by atoms with Gasteiger partial charge in [-0.15, -0.1) is 0 Å². The molecule has 21 heavy (non-hydrogen) atoms. The van der Waals surface area contributed by atoms with Gasteiger partial charge in [-0.2, -0.15) is 0 Å². The highest BCUT2D eigenvalue weighted by atomic mass is 15.2. The van der Waals surface area contributed by atoms with E-state index in [9.17, 15) is 0 Å². The van der Waals surface area contributed by atoms with Crippen LogP contribution in [0.3, 0.4) is 0 Å². The third kappa shape index (κ3) is 2.87. The molecule has 0 unspecified atom stereocenters. The lowest BCUT2D eigenvalue weighted by Gasteiger charge is -2.12. The molecule has 0 radical (unpaired) electrons. The number of nitrogens with one attached hydrogen (secondary N) is 1. The first-order chi connectivity index (χ1) is 10.3. The second-order valence-corrected chi connectivity index (χ2v) is 5.18. The average molecular weight is 281 g/mol. The molecule has 0 aliphatic rings. The zero-order chi connectivity index (χ0) is 14.7. The number of aromatic nitrogens is 3. The largest absolute Gasteiger partial charge is 0.368 e. The molecular formula is C16H19N5. The summed E-state index contributed by atoms with van der Waals surface area (Å²) in [5.41, 5.74) is 2.69. The molecule has 0 amide bonds. The lowest BCUT2D eigenvalue weighted by molar-refractivity contribution is 0.425. The van der Waals surface area contributed by atoms with E-state index in [1.165, 1.54) is 0 Å². The second-order valence-electron chi connectivity index (χ2n) is 5.18. The van der Waals surface area contributed by atoms with Crippen LogP contribution in [0.5, 0.6) is 0 Å². The third-order valence-electron chi connectivity index (χ3n) is 3.29. The standard InChI is InChI=1S/C16H19N5/c1-20(2)12-10-18-16-15(13-7-3-5-9-17-13)19-14-8-4-6-11-21(14)16/h3-9,11,18H,10,12H2,1-2H3. The summed E-state index contributed by atoms with van der Waals surface area (Å²) in [7, 11) is 4.13. The number of nitrogens with zero attached hydrogens (tertiary/aromatic N) is 4. The van der Waals surface area contributed by atoms with E-state index >= 15 is 0 Å². The van der Waals surface area contributed by atoms with Crippen LogP contribution < -0.4 is 5.32 Å². The Bertz CT molecular complexity index is 718. The summed E-state index contributed by atoms with van der Waals surface area (Å²) in [6.07, 6.45) is 3.82. The highest BCUT2D eigenvalue weighted by Crippen LogP contribution is 2.26. The molecule has 5 nitrogen and oxygen atoms in total. The fourth-order valence-electron chi connectivity index (χ4n) is 2.24. The first-order valence-corrected chi connectivity index (χ1v) is 7.03. The van der Waals surface area contributed by atoms with Gasteiger partial charge in [-0.25, -0.2) is 4.98 Å². The highest BCUT2D eigenvalue weighted by molar-refractivity contribution is 5.74. The van der Waals surface area contributed by atoms with Gasteiger partial charge in [0.2, 0.25) is 0 Å². The van der Waals surface area contributed by atoms with Crippen LogP contribution in [0.4, 0.5) is 5.82 Å². The maximum absolute atomic E-state index is 4.71. The number of anilines is 1. The monoisotopic (exact) mass is 281 g/mol. The first kappa shape index (κ1) is 13.6. The summed E-state index contributed by atoms with van der Waals surface area (Å²) in [5, 5.41) is 3.48. The molecule has 0 aromatic carbocycles. The van der Waals surface area contributed by atoms with Crippen LogP contribution in [-0.4, -0.2) is 46.5 Å². The van der Waals surface area contributed by atoms with Crippen molar-refractivity contribution in [3.63, 3.8) is 0 Å². The Hall–Kier alpha value is -2.40. The molecular weight excluding hydrogens is 262 g/mol. The lowest BCUT2D eigenvalue weighted by Crippen LogP contribution is -2.21. The Labute approximate surface area is 124 Å². The first-order valence-electron chi connectivity index (χ1n) is 7.03. The minimum absolute atomic E-state index is 0.857. The van der Waals surface area contributed by atoms with Gasteiger partial charge in [-0.05, 0) is 38.4 Å². The van der Waals surface area contributed by atoms with E-state index < -0.39 is 0 Å². The number of pyridine rings is 2. The van der Waals surface area contributed by atoms with Crippen molar-refractivity contribution in [2.24, 2.45) is 0 Å². The summed E-state index contributed by atoms with van der Waals surface area (Å²) in [5.74, 6) is 0.992. The van der Waals surface area contributed by atoms with Gasteiger partial charge in [0.05, 0.1) is 5.69 Å². The fourth-order valence-corrected chi connectivity index (χ4v) is 2.24. The number of imidazole rings is 1. The molecule has 0 fully saturated rings. The molecule has 0 aliphatic carbocycles. The van der Waals surface area contributed by atoms with Crippen molar-refractivity contribution in [2.75, 3.05) is 32.5 Å². The second kappa shape index (κ2) is 5.93. The third-order valence-corrected chi connectivity index (χ3v) is 3.29. The van der Waals surface area contributed by atoms with E-state index in [1.807, 2.05) is 42.6 Å². The molecule has 0 aliphatic heterocycles. The van der Waals surface area contributed by atoms with Crippen LogP contribution in [0.1, 0.15) is 0 Å². The maximum atomic E-state index is 4.71. The number of rotatable bonds is 5. The Kier molecular flexibility index (Phi) is 3.83. The van der Waals surface area contributed by atoms with E-state index in [0.29, 0.717) is 0 Å². The topological polar surface area (TPSA) is 45.5 Å². The predicted octanol–water partition coefficient (Wildman–Crippen LogP) is 2.37. The van der Waals surface area contributed by atoms with Gasteiger partial charge in [0, 0.05) is 25.5 Å². The van der Waals surface area contributed by atoms with Crippen molar-refractivity contribution in [3.8, 4) is 11.4 Å². The van der Waals surface area contributed by atoms with Gasteiger partial charge in [0.25, 0.3) is 0 Å². The Balaban J connectivity index is 2.02. The van der Waals surface area contributed by atoms with Crippen molar-refractivity contribution in [1.82, 2.24) is 19.3 Å². The normalized spacial score (nSPS) is 11.2. The van der Waals surface area contributed by atoms with E-state index in [4.69, 9.17) is 4.98 Å². The van der Waals surface area contributed by atoms with E-state index in [1.54, 1.807) is 6.20 Å². The Morgan fingerprint density at radius 2 is 2.00 bits per heavy atom. The van der Waals surface area contributed by atoms with Crippen LogP contribution >= 0.6 is 0 Å². The molecule has 1 N–H and O–H groups in total. The van der Waals surface area contributed by atoms with Crippen LogP contribution in [0.2, 0.25) is 0 Å². The van der Waals surface area contributed by atoms with Crippen molar-refractivity contribution in [2.45, 2.75) is 0 Å². The minimum atomic E-state index is 0.857. The van der Waals surface area contributed by atoms with Crippen molar-refractivity contribution < 1.29 is 0 Å². The molecule has 0 saturated carbocycles.